The Balaban J connectivity index is 1.23. The monoisotopic (exact) mass is 292 g/mol. The molecular formula is C18H34N3+3. The van der Waals surface area contributed by atoms with Crippen molar-refractivity contribution in [2.45, 2.75) is 31.7 Å². The van der Waals surface area contributed by atoms with Crippen LogP contribution in [0.5, 0.6) is 0 Å². The summed E-state index contributed by atoms with van der Waals surface area (Å²) in [5, 5.41) is 0. The minimum Gasteiger partial charge on any atom is -0.334 e. The molecule has 3 N–H and O–H groups in total. The summed E-state index contributed by atoms with van der Waals surface area (Å²) in [6.45, 7) is 10.00. The van der Waals surface area contributed by atoms with Crippen LogP contribution in [-0.4, -0.2) is 58.9 Å². The molecular weight excluding hydrogens is 258 g/mol. The molecule has 3 atom stereocenters. The first-order valence-electron chi connectivity index (χ1n) is 9.45. The van der Waals surface area contributed by atoms with Crippen molar-refractivity contribution >= 4 is 0 Å². The number of hydrogen-bond donors (Lipinski definition) is 3. The molecule has 118 valence electrons. The Morgan fingerprint density at radius 3 is 2.29 bits per heavy atom. The van der Waals surface area contributed by atoms with Crippen LogP contribution in [0.15, 0.2) is 12.2 Å². The summed E-state index contributed by atoms with van der Waals surface area (Å²) in [5.41, 5.74) is 0. The normalized spacial score (nSPS) is 49.7. The molecule has 0 amide bonds. The Hall–Kier alpha value is -0.380. The molecule has 1 saturated carbocycles. The summed E-state index contributed by atoms with van der Waals surface area (Å²) in [6.07, 6.45) is 11.0. The standard InChI is InChI=1S/C18H31N3/c1-19-8-10-21(11-9-19)18-4-6-20(7-5-18)14-17-13-15-2-3-16(17)12-15/h2-3,15-18H,4-14H2,1H3/p+3/t15-,16+,17+/m1/s1. The minimum atomic E-state index is 0.950. The number of nitrogens with one attached hydrogen (secondary N) is 3. The Bertz CT molecular complexity index is 378. The first kappa shape index (κ1) is 14.2. The van der Waals surface area contributed by atoms with Gasteiger partial charge in [-0.3, -0.25) is 0 Å². The lowest BCUT2D eigenvalue weighted by Gasteiger charge is -2.37. The molecule has 2 aliphatic carbocycles. The fourth-order valence-corrected chi connectivity index (χ4v) is 5.54. The van der Waals surface area contributed by atoms with E-state index in [1.54, 1.807) is 4.90 Å². The van der Waals surface area contributed by atoms with Crippen molar-refractivity contribution in [3.8, 4) is 0 Å². The van der Waals surface area contributed by atoms with E-state index in [0.29, 0.717) is 0 Å². The maximum absolute atomic E-state index is 2.53. The molecule has 0 spiro atoms. The maximum Gasteiger partial charge on any atom is 0.127 e. The molecule has 2 saturated heterocycles. The molecule has 2 bridgehead atoms. The van der Waals surface area contributed by atoms with Crippen molar-refractivity contribution in [3.63, 3.8) is 0 Å². The zero-order valence-corrected chi connectivity index (χ0v) is 13.7. The molecule has 4 aliphatic rings. The van der Waals surface area contributed by atoms with E-state index in [-0.39, 0.29) is 0 Å². The van der Waals surface area contributed by atoms with Gasteiger partial charge in [0.2, 0.25) is 0 Å². The second-order valence-electron chi connectivity index (χ2n) is 8.38. The minimum absolute atomic E-state index is 0.950. The SMILES string of the molecule is C[NH+]1CC[NH+](C2CC[NH+](C[C@@H]3C[C@@H]4C=C[C@H]3C4)CC2)CC1. The van der Waals surface area contributed by atoms with Crippen molar-refractivity contribution in [1.82, 2.24) is 0 Å². The molecule has 3 heteroatoms. The average Bonchev–Trinajstić information content (AvgIpc) is 3.12. The van der Waals surface area contributed by atoms with E-state index >= 15 is 0 Å². The number of piperazine rings is 1. The summed E-state index contributed by atoms with van der Waals surface area (Å²) >= 11 is 0. The smallest absolute Gasteiger partial charge is 0.127 e. The molecule has 0 aromatic rings. The van der Waals surface area contributed by atoms with Gasteiger partial charge in [0.25, 0.3) is 0 Å². The van der Waals surface area contributed by atoms with E-state index in [4.69, 9.17) is 0 Å². The Kier molecular flexibility index (Phi) is 4.08. The summed E-state index contributed by atoms with van der Waals surface area (Å²) < 4.78 is 0. The summed E-state index contributed by atoms with van der Waals surface area (Å²) in [5.74, 6) is 2.92. The third-order valence-electron chi connectivity index (χ3n) is 6.98. The molecule has 21 heavy (non-hydrogen) atoms. The largest absolute Gasteiger partial charge is 0.334 e. The predicted octanol–water partition coefficient (Wildman–Crippen LogP) is -2.34. The number of hydrogen-bond acceptors (Lipinski definition) is 0. The van der Waals surface area contributed by atoms with Crippen LogP contribution in [0, 0.1) is 17.8 Å². The van der Waals surface area contributed by atoms with Gasteiger partial charge in [-0.2, -0.15) is 0 Å². The van der Waals surface area contributed by atoms with Crippen LogP contribution in [0.2, 0.25) is 0 Å². The van der Waals surface area contributed by atoms with Crippen molar-refractivity contribution in [1.29, 1.82) is 0 Å². The van der Waals surface area contributed by atoms with Gasteiger partial charge in [-0.15, -0.1) is 0 Å². The van der Waals surface area contributed by atoms with Gasteiger partial charge in [-0.1, -0.05) is 12.2 Å². The Morgan fingerprint density at radius 1 is 0.905 bits per heavy atom. The molecule has 4 rings (SSSR count). The van der Waals surface area contributed by atoms with E-state index in [1.165, 1.54) is 71.5 Å². The van der Waals surface area contributed by atoms with E-state index in [1.807, 2.05) is 9.80 Å². The van der Waals surface area contributed by atoms with Crippen molar-refractivity contribution in [2.75, 3.05) is 52.9 Å². The lowest BCUT2D eigenvalue weighted by atomic mass is 9.92. The van der Waals surface area contributed by atoms with Gasteiger partial charge < -0.3 is 14.7 Å². The van der Waals surface area contributed by atoms with E-state index in [0.717, 1.165) is 23.8 Å². The Morgan fingerprint density at radius 2 is 1.67 bits per heavy atom. The molecule has 0 unspecified atom stereocenters. The van der Waals surface area contributed by atoms with Gasteiger partial charge in [0.1, 0.15) is 26.2 Å². The zero-order chi connectivity index (χ0) is 14.2. The zero-order valence-electron chi connectivity index (χ0n) is 13.7. The molecule has 2 heterocycles. The number of likely N-dealkylation sites (tertiary alicyclic amines) is 1. The van der Waals surface area contributed by atoms with Gasteiger partial charge in [-0.05, 0) is 24.7 Å². The summed E-state index contributed by atoms with van der Waals surface area (Å²) in [7, 11) is 2.35. The highest BCUT2D eigenvalue weighted by molar-refractivity contribution is 5.09. The average molecular weight is 292 g/mol. The number of fused-ring (bicyclic) bond motifs is 2. The second-order valence-corrected chi connectivity index (χ2v) is 8.38. The molecule has 3 nitrogen and oxygen atoms in total. The first-order valence-corrected chi connectivity index (χ1v) is 9.45. The fraction of sp³-hybridized carbons (Fsp3) is 0.889. The number of rotatable bonds is 3. The highest BCUT2D eigenvalue weighted by Gasteiger charge is 2.39. The summed E-state index contributed by atoms with van der Waals surface area (Å²) in [6, 6.07) is 0.988. The maximum atomic E-state index is 2.53. The van der Waals surface area contributed by atoms with Crippen molar-refractivity contribution in [3.05, 3.63) is 12.2 Å². The van der Waals surface area contributed by atoms with Crippen molar-refractivity contribution in [2.24, 2.45) is 17.8 Å². The highest BCUT2D eigenvalue weighted by Crippen LogP contribution is 2.42. The number of allylic oxidation sites excluding steroid dienone is 2. The van der Waals surface area contributed by atoms with E-state index in [9.17, 15) is 0 Å². The lowest BCUT2D eigenvalue weighted by molar-refractivity contribution is -1.02. The number of quaternary nitrogens is 3. The van der Waals surface area contributed by atoms with Crippen LogP contribution in [0.25, 0.3) is 0 Å². The molecule has 0 aromatic heterocycles. The summed E-state index contributed by atoms with van der Waals surface area (Å²) in [4.78, 5) is 5.60. The van der Waals surface area contributed by atoms with Crippen LogP contribution in [0.3, 0.4) is 0 Å². The van der Waals surface area contributed by atoms with Gasteiger partial charge in [0.05, 0.1) is 32.7 Å². The molecule has 3 fully saturated rings. The molecule has 2 aliphatic heterocycles. The van der Waals surface area contributed by atoms with Gasteiger partial charge in [0, 0.05) is 18.8 Å². The first-order chi connectivity index (χ1) is 10.3. The van der Waals surface area contributed by atoms with Gasteiger partial charge in [-0.25, -0.2) is 0 Å². The van der Waals surface area contributed by atoms with Crippen LogP contribution in [0.4, 0.5) is 0 Å². The molecule has 0 aromatic carbocycles. The second kappa shape index (κ2) is 6.02. The number of likely N-dealkylation sites (N-methyl/N-ethyl adjacent to an activating group) is 1. The lowest BCUT2D eigenvalue weighted by Crippen LogP contribution is -3.29. The molecule has 0 radical (unpaired) electrons. The van der Waals surface area contributed by atoms with Crippen LogP contribution >= 0.6 is 0 Å². The predicted molar refractivity (Wildman–Crippen MR) is 84.7 cm³/mol. The third-order valence-corrected chi connectivity index (χ3v) is 6.98. The highest BCUT2D eigenvalue weighted by atomic mass is 15.3. The van der Waals surface area contributed by atoms with Crippen LogP contribution in [0.1, 0.15) is 25.7 Å². The Labute approximate surface area is 130 Å². The number of piperidine rings is 1. The van der Waals surface area contributed by atoms with E-state index in [2.05, 4.69) is 19.2 Å². The van der Waals surface area contributed by atoms with E-state index < -0.39 is 0 Å². The quantitative estimate of drug-likeness (QED) is 0.483. The van der Waals surface area contributed by atoms with Crippen LogP contribution < -0.4 is 14.7 Å². The topological polar surface area (TPSA) is 13.3 Å². The van der Waals surface area contributed by atoms with Gasteiger partial charge >= 0.3 is 0 Å². The van der Waals surface area contributed by atoms with Crippen LogP contribution in [-0.2, 0) is 0 Å². The van der Waals surface area contributed by atoms with Crippen molar-refractivity contribution < 1.29 is 14.7 Å². The third kappa shape index (κ3) is 3.06. The fourth-order valence-electron chi connectivity index (χ4n) is 5.54. The van der Waals surface area contributed by atoms with Gasteiger partial charge in [0.15, 0.2) is 0 Å².